The Morgan fingerprint density at radius 1 is 1.43 bits per heavy atom. The molecule has 0 fully saturated rings. The summed E-state index contributed by atoms with van der Waals surface area (Å²) in [5.41, 5.74) is 0. The van der Waals surface area contributed by atoms with Crippen LogP contribution in [0.5, 0.6) is 11.5 Å². The Kier molecular flexibility index (Phi) is 3.02. The van der Waals surface area contributed by atoms with Gasteiger partial charge in [-0.05, 0) is 22.6 Å². The van der Waals surface area contributed by atoms with Crippen molar-refractivity contribution in [3.05, 3.63) is 15.7 Å². The monoisotopic (exact) mass is 323 g/mol. The van der Waals surface area contributed by atoms with Crippen LogP contribution in [-0.2, 0) is 0 Å². The summed E-state index contributed by atoms with van der Waals surface area (Å²) < 4.78 is 51.0. The van der Waals surface area contributed by atoms with Crippen molar-refractivity contribution in [3.8, 4) is 11.5 Å². The maximum Gasteiger partial charge on any atom is 0.573 e. The normalized spacial score (nSPS) is 11.5. The molecule has 0 aromatic carbocycles. The van der Waals surface area contributed by atoms with Crippen molar-refractivity contribution >= 4 is 22.6 Å². The number of hydrogen-bond acceptors (Lipinski definition) is 3. The van der Waals surface area contributed by atoms with E-state index in [1.54, 1.807) is 0 Å². The van der Waals surface area contributed by atoms with Gasteiger partial charge in [-0.3, -0.25) is 0 Å². The van der Waals surface area contributed by atoms with E-state index in [0.717, 1.165) is 6.07 Å². The lowest BCUT2D eigenvalue weighted by Crippen LogP contribution is -2.17. The number of aromatic nitrogens is 1. The first-order valence-corrected chi connectivity index (χ1v) is 4.18. The SMILES string of the molecule is Oc1c(OC(F)(F)F)cc(I)nc1F. The number of rotatable bonds is 1. The van der Waals surface area contributed by atoms with Gasteiger partial charge in [0.15, 0.2) is 5.75 Å². The van der Waals surface area contributed by atoms with Crippen molar-refractivity contribution in [1.82, 2.24) is 4.98 Å². The van der Waals surface area contributed by atoms with Crippen molar-refractivity contribution in [2.45, 2.75) is 6.36 Å². The first kappa shape index (κ1) is 11.3. The first-order valence-electron chi connectivity index (χ1n) is 3.10. The molecule has 1 aromatic heterocycles. The molecular formula is C6H2F4INO2. The third-order valence-corrected chi connectivity index (χ3v) is 1.66. The number of ether oxygens (including phenoxy) is 1. The molecule has 14 heavy (non-hydrogen) atoms. The van der Waals surface area contributed by atoms with E-state index in [0.29, 0.717) is 0 Å². The Morgan fingerprint density at radius 2 is 2.00 bits per heavy atom. The summed E-state index contributed by atoms with van der Waals surface area (Å²) >= 11 is 1.49. The summed E-state index contributed by atoms with van der Waals surface area (Å²) in [7, 11) is 0. The van der Waals surface area contributed by atoms with Crippen LogP contribution in [0.4, 0.5) is 17.6 Å². The highest BCUT2D eigenvalue weighted by Gasteiger charge is 2.33. The van der Waals surface area contributed by atoms with Gasteiger partial charge >= 0.3 is 6.36 Å². The highest BCUT2D eigenvalue weighted by molar-refractivity contribution is 14.1. The molecule has 1 rings (SSSR count). The predicted octanol–water partition coefficient (Wildman–Crippen LogP) is 2.43. The molecule has 0 aliphatic rings. The zero-order valence-electron chi connectivity index (χ0n) is 6.27. The number of hydrogen-bond donors (Lipinski definition) is 1. The van der Waals surface area contributed by atoms with Gasteiger partial charge in [-0.25, -0.2) is 4.98 Å². The first-order chi connectivity index (χ1) is 6.29. The Balaban J connectivity index is 3.09. The Bertz CT molecular complexity index is 354. The molecule has 0 atom stereocenters. The molecule has 1 N–H and O–H groups in total. The lowest BCUT2D eigenvalue weighted by Gasteiger charge is -2.10. The molecular weight excluding hydrogens is 321 g/mol. The second-order valence-electron chi connectivity index (χ2n) is 2.13. The Labute approximate surface area is 88.8 Å². The Hall–Kier alpha value is -0.800. The maximum atomic E-state index is 12.6. The van der Waals surface area contributed by atoms with Crippen LogP contribution < -0.4 is 4.74 Å². The highest BCUT2D eigenvalue weighted by atomic mass is 127. The lowest BCUT2D eigenvalue weighted by molar-refractivity contribution is -0.275. The molecule has 0 spiro atoms. The van der Waals surface area contributed by atoms with Gasteiger partial charge in [0.1, 0.15) is 3.70 Å². The zero-order valence-corrected chi connectivity index (χ0v) is 8.43. The van der Waals surface area contributed by atoms with Crippen LogP contribution >= 0.6 is 22.6 Å². The van der Waals surface area contributed by atoms with E-state index in [4.69, 9.17) is 5.11 Å². The number of halogens is 5. The lowest BCUT2D eigenvalue weighted by atomic mass is 10.4. The fourth-order valence-corrected chi connectivity index (χ4v) is 1.15. The molecule has 0 radical (unpaired) electrons. The molecule has 0 saturated heterocycles. The summed E-state index contributed by atoms with van der Waals surface area (Å²) in [6.07, 6.45) is -4.98. The topological polar surface area (TPSA) is 42.4 Å². The van der Waals surface area contributed by atoms with E-state index in [9.17, 15) is 17.6 Å². The highest BCUT2D eigenvalue weighted by Crippen LogP contribution is 2.33. The smallest absolute Gasteiger partial charge is 0.501 e. The molecule has 0 bridgehead atoms. The second-order valence-corrected chi connectivity index (χ2v) is 3.24. The Morgan fingerprint density at radius 3 is 2.50 bits per heavy atom. The van der Waals surface area contributed by atoms with Crippen LogP contribution in [-0.4, -0.2) is 16.5 Å². The van der Waals surface area contributed by atoms with Crippen LogP contribution in [0.25, 0.3) is 0 Å². The van der Waals surface area contributed by atoms with Gasteiger partial charge in [-0.15, -0.1) is 13.2 Å². The van der Waals surface area contributed by atoms with Crippen molar-refractivity contribution in [3.63, 3.8) is 0 Å². The summed E-state index contributed by atoms with van der Waals surface area (Å²) in [6, 6.07) is 0.770. The third-order valence-electron chi connectivity index (χ3n) is 1.11. The van der Waals surface area contributed by atoms with Gasteiger partial charge in [0.25, 0.3) is 5.95 Å². The summed E-state index contributed by atoms with van der Waals surface area (Å²) in [6.45, 7) is 0. The second kappa shape index (κ2) is 3.75. The van der Waals surface area contributed by atoms with Crippen LogP contribution in [0.3, 0.4) is 0 Å². The van der Waals surface area contributed by atoms with Crippen LogP contribution in [0.1, 0.15) is 0 Å². The fourth-order valence-electron chi connectivity index (χ4n) is 0.660. The standard InChI is InChI=1S/C6H2F4INO2/c7-5-4(13)2(1-3(11)12-5)14-6(8,9)10/h1,13H. The van der Waals surface area contributed by atoms with Crippen molar-refractivity contribution in [2.75, 3.05) is 0 Å². The number of alkyl halides is 3. The number of aromatic hydroxyl groups is 1. The summed E-state index contributed by atoms with van der Waals surface area (Å²) in [4.78, 5) is 3.09. The van der Waals surface area contributed by atoms with Gasteiger partial charge in [0.05, 0.1) is 0 Å². The minimum Gasteiger partial charge on any atom is -0.501 e. The molecule has 1 aromatic rings. The molecule has 8 heteroatoms. The average Bonchev–Trinajstić information content (AvgIpc) is 1.96. The van der Waals surface area contributed by atoms with E-state index in [-0.39, 0.29) is 3.70 Å². The molecule has 0 aliphatic heterocycles. The van der Waals surface area contributed by atoms with E-state index in [2.05, 4.69) is 9.72 Å². The molecule has 0 unspecified atom stereocenters. The minimum absolute atomic E-state index is 0.0582. The summed E-state index contributed by atoms with van der Waals surface area (Å²) in [5.74, 6) is -3.67. The van der Waals surface area contributed by atoms with Crippen LogP contribution in [0.15, 0.2) is 6.07 Å². The zero-order chi connectivity index (χ0) is 10.9. The van der Waals surface area contributed by atoms with Gasteiger partial charge < -0.3 is 9.84 Å². The van der Waals surface area contributed by atoms with Crippen molar-refractivity contribution < 1.29 is 27.4 Å². The van der Waals surface area contributed by atoms with Gasteiger partial charge in [-0.1, -0.05) is 0 Å². The van der Waals surface area contributed by atoms with Crippen molar-refractivity contribution in [2.24, 2.45) is 0 Å². The molecule has 0 aliphatic carbocycles. The molecule has 0 saturated carbocycles. The molecule has 78 valence electrons. The van der Waals surface area contributed by atoms with Gasteiger partial charge in [-0.2, -0.15) is 4.39 Å². The van der Waals surface area contributed by atoms with Crippen LogP contribution in [0.2, 0.25) is 0 Å². The van der Waals surface area contributed by atoms with E-state index in [1.165, 1.54) is 22.6 Å². The number of pyridine rings is 1. The largest absolute Gasteiger partial charge is 0.573 e. The van der Waals surface area contributed by atoms with E-state index in [1.807, 2.05) is 0 Å². The minimum atomic E-state index is -4.98. The summed E-state index contributed by atoms with van der Waals surface area (Å²) in [5, 5.41) is 8.82. The van der Waals surface area contributed by atoms with Crippen LogP contribution in [0, 0.1) is 9.65 Å². The van der Waals surface area contributed by atoms with E-state index < -0.39 is 23.8 Å². The number of nitrogens with zero attached hydrogens (tertiary/aromatic N) is 1. The van der Waals surface area contributed by atoms with E-state index >= 15 is 0 Å². The van der Waals surface area contributed by atoms with Gasteiger partial charge in [0.2, 0.25) is 5.75 Å². The fraction of sp³-hybridized carbons (Fsp3) is 0.167. The molecule has 3 nitrogen and oxygen atoms in total. The third kappa shape index (κ3) is 2.86. The average molecular weight is 323 g/mol. The molecule has 0 amide bonds. The predicted molar refractivity (Wildman–Crippen MR) is 45.3 cm³/mol. The maximum absolute atomic E-state index is 12.6. The molecule has 1 heterocycles. The van der Waals surface area contributed by atoms with Gasteiger partial charge in [0, 0.05) is 6.07 Å². The van der Waals surface area contributed by atoms with Crippen molar-refractivity contribution in [1.29, 1.82) is 0 Å². The quantitative estimate of drug-likeness (QED) is 0.490.